The highest BCUT2D eigenvalue weighted by Gasteiger charge is 2.23. The maximum absolute atomic E-state index is 4.97. The van der Waals surface area contributed by atoms with Crippen LogP contribution in [0.4, 0.5) is 10.3 Å². The molecule has 4 nitrogen and oxygen atoms in total. The molecule has 2 aromatic heterocycles. The van der Waals surface area contributed by atoms with E-state index >= 15 is 0 Å². The Balaban J connectivity index is 1.38. The van der Waals surface area contributed by atoms with E-state index in [4.69, 9.17) is 9.97 Å². The van der Waals surface area contributed by atoms with Gasteiger partial charge in [-0.15, -0.1) is 0 Å². The van der Waals surface area contributed by atoms with Gasteiger partial charge in [0.15, 0.2) is 10.3 Å². The molecule has 0 unspecified atom stereocenters. The third-order valence-corrected chi connectivity index (χ3v) is 8.19. The molecule has 0 radical (unpaired) electrons. The topological polar surface area (TPSA) is 32.3 Å². The second-order valence-electron chi connectivity index (χ2n) is 7.72. The standard InChI is InChI=1S/C22H24N4S2/c1-13-5-7-15(3)19-17(13)23-21(27-19)25-9-11-26(12-10-25)22-24-18-14(2)6-8-16(4)20(18)28-22/h5-8H,9-12H2,1-4H3. The zero-order chi connectivity index (χ0) is 19.4. The Kier molecular flexibility index (Phi) is 4.29. The first kappa shape index (κ1) is 17.9. The molecule has 4 aromatic rings. The Morgan fingerprint density at radius 3 is 1.32 bits per heavy atom. The lowest BCUT2D eigenvalue weighted by atomic mass is 10.1. The van der Waals surface area contributed by atoms with Gasteiger partial charge >= 0.3 is 0 Å². The largest absolute Gasteiger partial charge is 0.345 e. The Morgan fingerprint density at radius 2 is 0.964 bits per heavy atom. The molecule has 1 saturated heterocycles. The van der Waals surface area contributed by atoms with E-state index in [0.29, 0.717) is 0 Å². The molecule has 28 heavy (non-hydrogen) atoms. The highest BCUT2D eigenvalue weighted by atomic mass is 32.1. The summed E-state index contributed by atoms with van der Waals surface area (Å²) in [4.78, 5) is 14.8. The van der Waals surface area contributed by atoms with Crippen LogP contribution in [0.3, 0.4) is 0 Å². The van der Waals surface area contributed by atoms with Crippen molar-refractivity contribution >= 4 is 53.4 Å². The van der Waals surface area contributed by atoms with E-state index < -0.39 is 0 Å². The summed E-state index contributed by atoms with van der Waals surface area (Å²) in [5.74, 6) is 0. The molecule has 1 aliphatic rings. The summed E-state index contributed by atoms with van der Waals surface area (Å²) in [7, 11) is 0. The van der Waals surface area contributed by atoms with Gasteiger partial charge in [0.25, 0.3) is 0 Å². The van der Waals surface area contributed by atoms with Gasteiger partial charge in [-0.2, -0.15) is 0 Å². The fourth-order valence-electron chi connectivity index (χ4n) is 3.86. The number of hydrogen-bond donors (Lipinski definition) is 0. The number of fused-ring (bicyclic) bond motifs is 2. The van der Waals surface area contributed by atoms with E-state index in [9.17, 15) is 0 Å². The maximum atomic E-state index is 4.97. The minimum absolute atomic E-state index is 0.992. The van der Waals surface area contributed by atoms with Crippen LogP contribution in [0.25, 0.3) is 20.4 Å². The van der Waals surface area contributed by atoms with Gasteiger partial charge in [0.2, 0.25) is 0 Å². The quantitative estimate of drug-likeness (QED) is 0.440. The van der Waals surface area contributed by atoms with Crippen LogP contribution in [0, 0.1) is 27.7 Å². The number of piperazine rings is 1. The third-order valence-electron chi connectivity index (χ3n) is 5.68. The fourth-order valence-corrected chi connectivity index (χ4v) is 6.18. The summed E-state index contributed by atoms with van der Waals surface area (Å²) in [6, 6.07) is 8.76. The third kappa shape index (κ3) is 2.86. The minimum atomic E-state index is 0.992. The van der Waals surface area contributed by atoms with Crippen molar-refractivity contribution in [2.45, 2.75) is 27.7 Å². The molecule has 1 aliphatic heterocycles. The Labute approximate surface area is 173 Å². The summed E-state index contributed by atoms with van der Waals surface area (Å²) < 4.78 is 2.66. The van der Waals surface area contributed by atoms with Crippen LogP contribution < -0.4 is 9.80 Å². The fraction of sp³-hybridized carbons (Fsp3) is 0.364. The first-order valence-electron chi connectivity index (χ1n) is 9.74. The molecular weight excluding hydrogens is 384 g/mol. The van der Waals surface area contributed by atoms with Gasteiger partial charge < -0.3 is 9.80 Å². The molecule has 0 saturated carbocycles. The van der Waals surface area contributed by atoms with Gasteiger partial charge in [0.1, 0.15) is 0 Å². The molecule has 0 bridgehead atoms. The second-order valence-corrected chi connectivity index (χ2v) is 9.68. The molecule has 0 atom stereocenters. The Hall–Kier alpha value is -2.18. The van der Waals surface area contributed by atoms with Crippen molar-refractivity contribution in [1.29, 1.82) is 0 Å². The van der Waals surface area contributed by atoms with Crippen molar-refractivity contribution in [2.24, 2.45) is 0 Å². The number of thiazole rings is 2. The normalized spacial score (nSPS) is 15.1. The summed E-state index contributed by atoms with van der Waals surface area (Å²) in [5.41, 5.74) is 7.51. The zero-order valence-electron chi connectivity index (χ0n) is 16.7. The number of rotatable bonds is 2. The minimum Gasteiger partial charge on any atom is -0.345 e. The Bertz CT molecular complexity index is 1010. The lowest BCUT2D eigenvalue weighted by Gasteiger charge is -2.34. The van der Waals surface area contributed by atoms with Crippen LogP contribution in [0.5, 0.6) is 0 Å². The summed E-state index contributed by atoms with van der Waals surface area (Å²) in [5, 5.41) is 2.31. The van der Waals surface area contributed by atoms with Crippen LogP contribution in [0.15, 0.2) is 24.3 Å². The monoisotopic (exact) mass is 408 g/mol. The number of aryl methyl sites for hydroxylation is 4. The smallest absolute Gasteiger partial charge is 0.186 e. The summed E-state index contributed by atoms with van der Waals surface area (Å²) in [6.45, 7) is 12.6. The number of anilines is 2. The average molecular weight is 409 g/mol. The van der Waals surface area contributed by atoms with Crippen LogP contribution in [0.1, 0.15) is 22.3 Å². The SMILES string of the molecule is Cc1ccc(C)c2sc(N3CCN(c4nc5c(C)ccc(C)c5s4)CC3)nc12. The van der Waals surface area contributed by atoms with Crippen LogP contribution in [0.2, 0.25) is 0 Å². The van der Waals surface area contributed by atoms with Gasteiger partial charge in [-0.25, -0.2) is 9.97 Å². The van der Waals surface area contributed by atoms with Gasteiger partial charge in [-0.05, 0) is 49.9 Å². The molecule has 0 N–H and O–H groups in total. The Morgan fingerprint density at radius 1 is 0.607 bits per heavy atom. The zero-order valence-corrected chi connectivity index (χ0v) is 18.4. The van der Waals surface area contributed by atoms with E-state index in [-0.39, 0.29) is 0 Å². The number of nitrogens with zero attached hydrogens (tertiary/aromatic N) is 4. The predicted molar refractivity (Wildman–Crippen MR) is 123 cm³/mol. The molecule has 0 amide bonds. The van der Waals surface area contributed by atoms with Gasteiger partial charge in [0.05, 0.1) is 20.4 Å². The number of benzene rings is 2. The lowest BCUT2D eigenvalue weighted by molar-refractivity contribution is 0.651. The second kappa shape index (κ2) is 6.71. The van der Waals surface area contributed by atoms with Gasteiger partial charge in [0, 0.05) is 26.2 Å². The number of hydrogen-bond acceptors (Lipinski definition) is 6. The summed E-state index contributed by atoms with van der Waals surface area (Å²) in [6.07, 6.45) is 0. The van der Waals surface area contributed by atoms with Gasteiger partial charge in [-0.1, -0.05) is 46.9 Å². The van der Waals surface area contributed by atoms with E-state index in [1.165, 1.54) is 42.7 Å². The van der Waals surface area contributed by atoms with Crippen molar-refractivity contribution in [3.8, 4) is 0 Å². The highest BCUT2D eigenvalue weighted by molar-refractivity contribution is 7.22. The van der Waals surface area contributed by atoms with Crippen molar-refractivity contribution in [3.63, 3.8) is 0 Å². The predicted octanol–water partition coefficient (Wildman–Crippen LogP) is 5.47. The molecule has 5 rings (SSSR count). The molecule has 1 fully saturated rings. The van der Waals surface area contributed by atoms with Crippen molar-refractivity contribution < 1.29 is 0 Å². The van der Waals surface area contributed by atoms with Crippen molar-refractivity contribution in [1.82, 2.24) is 9.97 Å². The number of aromatic nitrogens is 2. The van der Waals surface area contributed by atoms with Crippen molar-refractivity contribution in [2.75, 3.05) is 36.0 Å². The average Bonchev–Trinajstić information content (AvgIpc) is 3.34. The summed E-state index contributed by atoms with van der Waals surface area (Å²) >= 11 is 3.67. The molecule has 144 valence electrons. The molecule has 0 spiro atoms. The van der Waals surface area contributed by atoms with Gasteiger partial charge in [-0.3, -0.25) is 0 Å². The maximum Gasteiger partial charge on any atom is 0.186 e. The lowest BCUT2D eigenvalue weighted by Crippen LogP contribution is -2.46. The molecule has 2 aromatic carbocycles. The molecule has 0 aliphatic carbocycles. The first-order valence-corrected chi connectivity index (χ1v) is 11.4. The molecule has 6 heteroatoms. The van der Waals surface area contributed by atoms with E-state index in [1.54, 1.807) is 0 Å². The van der Waals surface area contributed by atoms with E-state index in [0.717, 1.165) is 36.4 Å². The van der Waals surface area contributed by atoms with Crippen LogP contribution in [-0.2, 0) is 0 Å². The van der Waals surface area contributed by atoms with Crippen LogP contribution in [-0.4, -0.2) is 36.1 Å². The molecular formula is C22H24N4S2. The molecule has 3 heterocycles. The van der Waals surface area contributed by atoms with Crippen LogP contribution >= 0.6 is 22.7 Å². The van der Waals surface area contributed by atoms with Crippen molar-refractivity contribution in [3.05, 3.63) is 46.5 Å². The first-order chi connectivity index (χ1) is 13.5. The van der Waals surface area contributed by atoms with E-state index in [2.05, 4.69) is 61.8 Å². The van der Waals surface area contributed by atoms with E-state index in [1.807, 2.05) is 22.7 Å². The highest BCUT2D eigenvalue weighted by Crippen LogP contribution is 2.36.